The lowest BCUT2D eigenvalue weighted by Gasteiger charge is -2.31. The molecule has 0 saturated carbocycles. The standard InChI is InChI=1S/C19H21FN4O2/c20-17-4-2-1-3-15(17)10-23-8-14-9-24(16(11-23)13-26-12-14)19(25)18-7-21-5-6-22-18/h1-7,14,16H,8-13H2/t14-,16-/m0/s1. The van der Waals surface area contributed by atoms with Crippen molar-refractivity contribution in [2.75, 3.05) is 32.8 Å². The van der Waals surface area contributed by atoms with Gasteiger partial charge in [-0.05, 0) is 6.07 Å². The molecule has 7 heteroatoms. The van der Waals surface area contributed by atoms with Crippen molar-refractivity contribution in [2.24, 2.45) is 5.92 Å². The van der Waals surface area contributed by atoms with E-state index in [1.54, 1.807) is 12.3 Å². The van der Waals surface area contributed by atoms with Crippen LogP contribution in [0.5, 0.6) is 0 Å². The fraction of sp³-hybridized carbons (Fsp3) is 0.421. The first-order chi connectivity index (χ1) is 12.7. The SMILES string of the molecule is O=C(c1cnccn1)N1C[C@H]2COC[C@@H]1CN(Cc1ccccc1F)C2. The van der Waals surface area contributed by atoms with Crippen LogP contribution < -0.4 is 0 Å². The average molecular weight is 356 g/mol. The Morgan fingerprint density at radius 2 is 2.08 bits per heavy atom. The minimum absolute atomic E-state index is 0.0798. The summed E-state index contributed by atoms with van der Waals surface area (Å²) in [6.07, 6.45) is 4.57. The van der Waals surface area contributed by atoms with Crippen LogP contribution >= 0.6 is 0 Å². The zero-order valence-electron chi connectivity index (χ0n) is 14.4. The highest BCUT2D eigenvalue weighted by Crippen LogP contribution is 2.23. The van der Waals surface area contributed by atoms with E-state index < -0.39 is 0 Å². The molecular formula is C19H21FN4O2. The molecule has 2 saturated heterocycles. The summed E-state index contributed by atoms with van der Waals surface area (Å²) in [7, 11) is 0. The van der Waals surface area contributed by atoms with Gasteiger partial charge in [0.2, 0.25) is 0 Å². The first-order valence-corrected chi connectivity index (χ1v) is 8.81. The second-order valence-corrected chi connectivity index (χ2v) is 6.89. The second-order valence-electron chi connectivity index (χ2n) is 6.89. The molecule has 1 aromatic carbocycles. The Kier molecular flexibility index (Phi) is 4.90. The third-order valence-corrected chi connectivity index (χ3v) is 4.94. The van der Waals surface area contributed by atoms with E-state index in [4.69, 9.17) is 4.74 Å². The molecule has 0 radical (unpaired) electrons. The number of hydrogen-bond donors (Lipinski definition) is 0. The Morgan fingerprint density at radius 1 is 1.19 bits per heavy atom. The molecule has 2 atom stereocenters. The molecule has 2 aromatic rings. The topological polar surface area (TPSA) is 58.6 Å². The molecule has 4 rings (SSSR count). The van der Waals surface area contributed by atoms with Gasteiger partial charge in [0.1, 0.15) is 11.5 Å². The lowest BCUT2D eigenvalue weighted by Crippen LogP contribution is -2.46. The third-order valence-electron chi connectivity index (χ3n) is 4.94. The fourth-order valence-corrected chi connectivity index (χ4v) is 3.74. The minimum Gasteiger partial charge on any atom is -0.379 e. The predicted octanol–water partition coefficient (Wildman–Crippen LogP) is 1.59. The zero-order valence-corrected chi connectivity index (χ0v) is 14.4. The zero-order chi connectivity index (χ0) is 17.9. The Bertz CT molecular complexity index is 773. The van der Waals surface area contributed by atoms with Crippen molar-refractivity contribution in [1.29, 1.82) is 0 Å². The summed E-state index contributed by atoms with van der Waals surface area (Å²) in [6.45, 7) is 3.66. The lowest BCUT2D eigenvalue weighted by atomic mass is 10.1. The monoisotopic (exact) mass is 356 g/mol. The number of ether oxygens (including phenoxy) is 1. The molecule has 0 unspecified atom stereocenters. The van der Waals surface area contributed by atoms with Gasteiger partial charge in [0.15, 0.2) is 0 Å². The molecule has 26 heavy (non-hydrogen) atoms. The first kappa shape index (κ1) is 17.1. The molecule has 6 nitrogen and oxygen atoms in total. The molecule has 2 aliphatic rings. The van der Waals surface area contributed by atoms with Crippen LogP contribution in [0.2, 0.25) is 0 Å². The van der Waals surface area contributed by atoms with Crippen LogP contribution in [0.15, 0.2) is 42.9 Å². The molecule has 1 amide bonds. The van der Waals surface area contributed by atoms with Crippen LogP contribution in [0.25, 0.3) is 0 Å². The summed E-state index contributed by atoms with van der Waals surface area (Å²) in [5.74, 6) is -0.119. The summed E-state index contributed by atoms with van der Waals surface area (Å²) >= 11 is 0. The highest BCUT2D eigenvalue weighted by molar-refractivity contribution is 5.92. The maximum atomic E-state index is 14.0. The van der Waals surface area contributed by atoms with Gasteiger partial charge >= 0.3 is 0 Å². The summed E-state index contributed by atoms with van der Waals surface area (Å²) in [5.41, 5.74) is 1.03. The second kappa shape index (κ2) is 7.47. The number of amides is 1. The van der Waals surface area contributed by atoms with Gasteiger partial charge in [-0.3, -0.25) is 14.7 Å². The average Bonchev–Trinajstić information content (AvgIpc) is 2.94. The quantitative estimate of drug-likeness (QED) is 0.836. The maximum Gasteiger partial charge on any atom is 0.274 e. The summed E-state index contributed by atoms with van der Waals surface area (Å²) in [6, 6.07) is 6.77. The number of hydrogen-bond acceptors (Lipinski definition) is 5. The van der Waals surface area contributed by atoms with Gasteiger partial charge in [-0.25, -0.2) is 9.37 Å². The number of halogens is 1. The van der Waals surface area contributed by atoms with Crippen molar-refractivity contribution < 1.29 is 13.9 Å². The smallest absolute Gasteiger partial charge is 0.274 e. The van der Waals surface area contributed by atoms with E-state index in [1.165, 1.54) is 18.5 Å². The van der Waals surface area contributed by atoms with Gasteiger partial charge in [0.25, 0.3) is 5.91 Å². The van der Waals surface area contributed by atoms with Crippen molar-refractivity contribution in [3.8, 4) is 0 Å². The van der Waals surface area contributed by atoms with Gasteiger partial charge in [-0.15, -0.1) is 0 Å². The first-order valence-electron chi connectivity index (χ1n) is 8.81. The van der Waals surface area contributed by atoms with Crippen LogP contribution in [0.3, 0.4) is 0 Å². The van der Waals surface area contributed by atoms with E-state index in [1.807, 2.05) is 17.0 Å². The third kappa shape index (κ3) is 3.59. The van der Waals surface area contributed by atoms with Crippen LogP contribution in [-0.2, 0) is 11.3 Å². The van der Waals surface area contributed by atoms with Crippen LogP contribution in [0, 0.1) is 11.7 Å². The van der Waals surface area contributed by atoms with Gasteiger partial charge in [0.05, 0.1) is 25.5 Å². The van der Waals surface area contributed by atoms with E-state index in [0.29, 0.717) is 44.1 Å². The number of benzene rings is 1. The van der Waals surface area contributed by atoms with Crippen molar-refractivity contribution in [2.45, 2.75) is 12.6 Å². The largest absolute Gasteiger partial charge is 0.379 e. The maximum absolute atomic E-state index is 14.0. The van der Waals surface area contributed by atoms with Crippen LogP contribution in [-0.4, -0.2) is 64.6 Å². The fourth-order valence-electron chi connectivity index (χ4n) is 3.74. The van der Waals surface area contributed by atoms with Gasteiger partial charge in [-0.1, -0.05) is 18.2 Å². The number of rotatable bonds is 3. The Balaban J connectivity index is 1.54. The number of carbonyl (C=O) groups excluding carboxylic acids is 1. The van der Waals surface area contributed by atoms with E-state index in [9.17, 15) is 9.18 Å². The van der Waals surface area contributed by atoms with E-state index in [-0.39, 0.29) is 23.7 Å². The van der Waals surface area contributed by atoms with Gasteiger partial charge in [0, 0.05) is 50.1 Å². The van der Waals surface area contributed by atoms with Crippen LogP contribution in [0.4, 0.5) is 4.39 Å². The van der Waals surface area contributed by atoms with Crippen molar-refractivity contribution in [1.82, 2.24) is 19.8 Å². The summed E-state index contributed by atoms with van der Waals surface area (Å²) in [4.78, 5) is 25.1. The minimum atomic E-state index is -0.189. The highest BCUT2D eigenvalue weighted by atomic mass is 19.1. The molecule has 0 aliphatic carbocycles. The molecule has 2 aliphatic heterocycles. The molecule has 1 aromatic heterocycles. The number of fused-ring (bicyclic) bond motifs is 3. The normalized spacial score (nSPS) is 23.5. The van der Waals surface area contributed by atoms with E-state index in [0.717, 1.165) is 6.54 Å². The highest BCUT2D eigenvalue weighted by Gasteiger charge is 2.36. The van der Waals surface area contributed by atoms with Crippen molar-refractivity contribution in [3.63, 3.8) is 0 Å². The summed E-state index contributed by atoms with van der Waals surface area (Å²) in [5, 5.41) is 0. The van der Waals surface area contributed by atoms with E-state index in [2.05, 4.69) is 14.9 Å². The Morgan fingerprint density at radius 3 is 2.88 bits per heavy atom. The van der Waals surface area contributed by atoms with Gasteiger partial charge in [-0.2, -0.15) is 0 Å². The van der Waals surface area contributed by atoms with Crippen LogP contribution in [0.1, 0.15) is 16.1 Å². The van der Waals surface area contributed by atoms with Crippen molar-refractivity contribution >= 4 is 5.91 Å². The molecular weight excluding hydrogens is 335 g/mol. The summed E-state index contributed by atoms with van der Waals surface area (Å²) < 4.78 is 19.8. The van der Waals surface area contributed by atoms with Gasteiger partial charge < -0.3 is 9.64 Å². The Hall–Kier alpha value is -2.38. The lowest BCUT2D eigenvalue weighted by molar-refractivity contribution is 0.0419. The predicted molar refractivity (Wildman–Crippen MR) is 92.8 cm³/mol. The van der Waals surface area contributed by atoms with Crippen molar-refractivity contribution in [3.05, 3.63) is 59.9 Å². The molecule has 2 bridgehead atoms. The molecule has 136 valence electrons. The number of nitrogens with zero attached hydrogens (tertiary/aromatic N) is 4. The molecule has 0 N–H and O–H groups in total. The number of carbonyl (C=O) groups is 1. The number of aromatic nitrogens is 2. The van der Waals surface area contributed by atoms with E-state index >= 15 is 0 Å². The molecule has 2 fully saturated rings. The molecule has 3 heterocycles. The Labute approximate surface area is 151 Å². The molecule has 0 spiro atoms.